The lowest BCUT2D eigenvalue weighted by Gasteiger charge is -2.44. The van der Waals surface area contributed by atoms with Crippen molar-refractivity contribution in [2.45, 2.75) is 44.8 Å². The highest BCUT2D eigenvalue weighted by Crippen LogP contribution is 2.21. The fourth-order valence-electron chi connectivity index (χ4n) is 5.44. The van der Waals surface area contributed by atoms with E-state index in [9.17, 15) is 23.6 Å². The average Bonchev–Trinajstić information content (AvgIpc) is 2.96. The van der Waals surface area contributed by atoms with Crippen LogP contribution in [0, 0.1) is 5.82 Å². The maximum atomic E-state index is 13.7. The summed E-state index contributed by atoms with van der Waals surface area (Å²) in [7, 11) is 0. The predicted octanol–water partition coefficient (Wildman–Crippen LogP) is 0.343. The number of carbonyl (C=O) groups excluding carboxylic acids is 4. The molecule has 0 bridgehead atoms. The largest absolute Gasteiger partial charge is 0.377 e. The summed E-state index contributed by atoms with van der Waals surface area (Å²) < 4.78 is 24.3. The third-order valence-corrected chi connectivity index (χ3v) is 7.82. The number of hydrogen-bond donors (Lipinski definition) is 1. The van der Waals surface area contributed by atoms with Crippen molar-refractivity contribution < 1.29 is 33.0 Å². The Kier molecular flexibility index (Phi) is 10.5. The molecule has 0 aliphatic carbocycles. The van der Waals surface area contributed by atoms with E-state index in [1.54, 1.807) is 14.7 Å². The second-order valence-corrected chi connectivity index (χ2v) is 10.7. The molecule has 11 nitrogen and oxygen atoms in total. The van der Waals surface area contributed by atoms with Crippen LogP contribution in [0.3, 0.4) is 0 Å². The van der Waals surface area contributed by atoms with Gasteiger partial charge in [0, 0.05) is 56.9 Å². The second-order valence-electron chi connectivity index (χ2n) is 10.7. The predicted molar refractivity (Wildman–Crippen MR) is 144 cm³/mol. The molecule has 1 aromatic carbocycles. The molecule has 3 saturated heterocycles. The Morgan fingerprint density at radius 3 is 2.33 bits per heavy atom. The molecule has 0 radical (unpaired) electrons. The summed E-state index contributed by atoms with van der Waals surface area (Å²) >= 11 is 0. The number of fused-ring (bicyclic) bond motifs is 1. The summed E-state index contributed by atoms with van der Waals surface area (Å²) in [5, 5.41) is 2.88. The number of benzene rings is 1. The van der Waals surface area contributed by atoms with E-state index in [0.29, 0.717) is 64.3 Å². The standard InChI is InChI=1S/C28H40FN5O6/c1-20(2)32-12-13-33-24(17-32)27(37)30-9-14-39-15-16-40-19-26(36)34(18-25(33)35)23-7-10-31(11-8-23)28(38)21-3-5-22(29)6-4-21/h3-6,20,23-24H,7-19H2,1-2H3,(H,30,37)/t24-/m0/s1. The van der Waals surface area contributed by atoms with Crippen LogP contribution in [-0.4, -0.2) is 134 Å². The number of piperazine rings is 1. The lowest BCUT2D eigenvalue weighted by Crippen LogP contribution is -2.63. The maximum absolute atomic E-state index is 13.7. The molecule has 1 atom stereocenters. The van der Waals surface area contributed by atoms with Crippen LogP contribution in [0.15, 0.2) is 24.3 Å². The van der Waals surface area contributed by atoms with Gasteiger partial charge >= 0.3 is 0 Å². The van der Waals surface area contributed by atoms with Gasteiger partial charge in [0.05, 0.1) is 19.8 Å². The molecule has 3 aliphatic rings. The molecule has 0 spiro atoms. The molecule has 0 unspecified atom stereocenters. The Hall–Kier alpha value is -3.09. The molecule has 0 saturated carbocycles. The molecule has 1 N–H and O–H groups in total. The van der Waals surface area contributed by atoms with Crippen molar-refractivity contribution >= 4 is 23.6 Å². The van der Waals surface area contributed by atoms with Gasteiger partial charge in [0.2, 0.25) is 17.7 Å². The van der Waals surface area contributed by atoms with Crippen LogP contribution in [0.25, 0.3) is 0 Å². The van der Waals surface area contributed by atoms with Gasteiger partial charge in [-0.05, 0) is 51.0 Å². The molecule has 220 valence electrons. The van der Waals surface area contributed by atoms with Crippen LogP contribution in [0.2, 0.25) is 0 Å². The number of rotatable bonds is 3. The van der Waals surface area contributed by atoms with E-state index in [1.807, 2.05) is 0 Å². The molecular weight excluding hydrogens is 521 g/mol. The smallest absolute Gasteiger partial charge is 0.253 e. The highest BCUT2D eigenvalue weighted by atomic mass is 19.1. The maximum Gasteiger partial charge on any atom is 0.253 e. The van der Waals surface area contributed by atoms with E-state index >= 15 is 0 Å². The highest BCUT2D eigenvalue weighted by Gasteiger charge is 2.38. The lowest BCUT2D eigenvalue weighted by molar-refractivity contribution is -0.151. The third kappa shape index (κ3) is 7.55. The summed E-state index contributed by atoms with van der Waals surface area (Å²) in [4.78, 5) is 60.0. The Morgan fingerprint density at radius 1 is 0.925 bits per heavy atom. The summed E-state index contributed by atoms with van der Waals surface area (Å²) in [6, 6.07) is 4.72. The van der Waals surface area contributed by atoms with E-state index in [1.165, 1.54) is 24.3 Å². The number of carbonyl (C=O) groups is 4. The quantitative estimate of drug-likeness (QED) is 0.567. The summed E-state index contributed by atoms with van der Waals surface area (Å²) in [5.41, 5.74) is 0.404. The Morgan fingerprint density at radius 2 is 1.62 bits per heavy atom. The van der Waals surface area contributed by atoms with Gasteiger partial charge < -0.3 is 29.5 Å². The molecule has 40 heavy (non-hydrogen) atoms. The fraction of sp³-hybridized carbons (Fsp3) is 0.643. The van der Waals surface area contributed by atoms with Crippen molar-refractivity contribution in [3.05, 3.63) is 35.6 Å². The van der Waals surface area contributed by atoms with Crippen LogP contribution in [0.5, 0.6) is 0 Å². The van der Waals surface area contributed by atoms with Crippen LogP contribution in [0.1, 0.15) is 37.0 Å². The Balaban J connectivity index is 1.47. The number of hydrogen-bond acceptors (Lipinski definition) is 7. The lowest BCUT2D eigenvalue weighted by atomic mass is 10.0. The fourth-order valence-corrected chi connectivity index (χ4v) is 5.44. The number of likely N-dealkylation sites (tertiary alicyclic amines) is 1. The number of piperidine rings is 1. The SMILES string of the molecule is CC(C)N1CCN2C(=O)CN(C3CCN(C(=O)c4ccc(F)cc4)CC3)C(=O)COCCOCCNC(=O)[C@@H]2C1. The van der Waals surface area contributed by atoms with Gasteiger partial charge in [0.25, 0.3) is 5.91 Å². The first-order chi connectivity index (χ1) is 19.2. The summed E-state index contributed by atoms with van der Waals surface area (Å²) in [6.07, 6.45) is 0.972. The Bertz CT molecular complexity index is 1050. The van der Waals surface area contributed by atoms with Crippen molar-refractivity contribution in [1.29, 1.82) is 0 Å². The second kappa shape index (κ2) is 14.0. The van der Waals surface area contributed by atoms with Gasteiger partial charge in [-0.3, -0.25) is 24.1 Å². The van der Waals surface area contributed by atoms with E-state index < -0.39 is 11.9 Å². The van der Waals surface area contributed by atoms with E-state index in [-0.39, 0.29) is 62.1 Å². The topological polar surface area (TPSA) is 112 Å². The molecule has 3 heterocycles. The first-order valence-electron chi connectivity index (χ1n) is 14.1. The zero-order chi connectivity index (χ0) is 28.6. The third-order valence-electron chi connectivity index (χ3n) is 7.82. The van der Waals surface area contributed by atoms with E-state index in [2.05, 4.69) is 24.1 Å². The molecule has 3 fully saturated rings. The van der Waals surface area contributed by atoms with Crippen molar-refractivity contribution in [1.82, 2.24) is 24.9 Å². The first kappa shape index (κ1) is 29.9. The minimum Gasteiger partial charge on any atom is -0.377 e. The van der Waals surface area contributed by atoms with Gasteiger partial charge in [-0.2, -0.15) is 0 Å². The van der Waals surface area contributed by atoms with Gasteiger partial charge in [-0.1, -0.05) is 0 Å². The van der Waals surface area contributed by atoms with Gasteiger partial charge in [-0.15, -0.1) is 0 Å². The normalized spacial score (nSPS) is 23.4. The van der Waals surface area contributed by atoms with Gasteiger partial charge in [0.15, 0.2) is 0 Å². The zero-order valence-corrected chi connectivity index (χ0v) is 23.4. The minimum atomic E-state index is -0.669. The molecule has 4 amide bonds. The zero-order valence-electron chi connectivity index (χ0n) is 23.4. The molecule has 0 aromatic heterocycles. The van der Waals surface area contributed by atoms with Crippen molar-refractivity contribution in [3.8, 4) is 0 Å². The van der Waals surface area contributed by atoms with Crippen molar-refractivity contribution in [3.63, 3.8) is 0 Å². The van der Waals surface area contributed by atoms with Crippen molar-refractivity contribution in [2.24, 2.45) is 0 Å². The Labute approximate surface area is 234 Å². The summed E-state index contributed by atoms with van der Waals surface area (Å²) in [6.45, 7) is 7.10. The molecular formula is C28H40FN5O6. The van der Waals surface area contributed by atoms with Crippen LogP contribution < -0.4 is 5.32 Å². The first-order valence-corrected chi connectivity index (χ1v) is 14.1. The van der Waals surface area contributed by atoms with E-state index in [4.69, 9.17) is 9.47 Å². The van der Waals surface area contributed by atoms with E-state index in [0.717, 1.165) is 0 Å². The van der Waals surface area contributed by atoms with Crippen LogP contribution >= 0.6 is 0 Å². The molecule has 1 aromatic rings. The van der Waals surface area contributed by atoms with Crippen molar-refractivity contribution in [2.75, 3.05) is 72.2 Å². The van der Waals surface area contributed by atoms with Crippen LogP contribution in [-0.2, 0) is 23.9 Å². The molecule has 12 heteroatoms. The minimum absolute atomic E-state index is 0.166. The molecule has 4 rings (SSSR count). The summed E-state index contributed by atoms with van der Waals surface area (Å²) in [5.74, 6) is -1.44. The number of nitrogens with zero attached hydrogens (tertiary/aromatic N) is 4. The number of nitrogens with one attached hydrogen (secondary N) is 1. The van der Waals surface area contributed by atoms with Gasteiger partial charge in [-0.25, -0.2) is 4.39 Å². The molecule has 3 aliphatic heterocycles. The average molecular weight is 562 g/mol. The van der Waals surface area contributed by atoms with Gasteiger partial charge in [0.1, 0.15) is 25.0 Å². The number of amides is 4. The van der Waals surface area contributed by atoms with Crippen LogP contribution in [0.4, 0.5) is 4.39 Å². The highest BCUT2D eigenvalue weighted by molar-refractivity contribution is 5.94. The monoisotopic (exact) mass is 561 g/mol. The number of ether oxygens (including phenoxy) is 2. The number of halogens is 1.